The van der Waals surface area contributed by atoms with E-state index in [-0.39, 0.29) is 12.5 Å². The summed E-state index contributed by atoms with van der Waals surface area (Å²) in [6.45, 7) is 3.89. The number of hydrogen-bond acceptors (Lipinski definition) is 3. The summed E-state index contributed by atoms with van der Waals surface area (Å²) in [7, 11) is 3.94. The fourth-order valence-electron chi connectivity index (χ4n) is 1.12. The van der Waals surface area contributed by atoms with E-state index in [1.165, 1.54) is 0 Å². The minimum atomic E-state index is -0.246. The Labute approximate surface area is 91.6 Å². The second-order valence-corrected chi connectivity index (χ2v) is 3.70. The van der Waals surface area contributed by atoms with Crippen LogP contribution in [0.2, 0.25) is 0 Å². The van der Waals surface area contributed by atoms with Crippen molar-refractivity contribution in [1.82, 2.24) is 4.90 Å². The standard InChI is InChI=1S/C12H19NO2/c1-10(13(3)4)14-11(2)15-12-8-6-5-7-9-12/h5-11H,1-4H3. The monoisotopic (exact) mass is 209 g/mol. The summed E-state index contributed by atoms with van der Waals surface area (Å²) in [5, 5.41) is 0. The first kappa shape index (κ1) is 12.0. The number of rotatable bonds is 5. The molecule has 84 valence electrons. The zero-order valence-corrected chi connectivity index (χ0v) is 9.81. The van der Waals surface area contributed by atoms with Crippen LogP contribution in [-0.2, 0) is 4.74 Å². The van der Waals surface area contributed by atoms with Gasteiger partial charge in [-0.15, -0.1) is 0 Å². The van der Waals surface area contributed by atoms with Gasteiger partial charge in [0.15, 0.2) is 6.29 Å². The highest BCUT2D eigenvalue weighted by molar-refractivity contribution is 5.20. The van der Waals surface area contributed by atoms with E-state index in [9.17, 15) is 0 Å². The van der Waals surface area contributed by atoms with E-state index in [1.54, 1.807) is 0 Å². The summed E-state index contributed by atoms with van der Waals surface area (Å²) in [6, 6.07) is 9.68. The Kier molecular flexibility index (Phi) is 4.59. The molecule has 0 N–H and O–H groups in total. The van der Waals surface area contributed by atoms with Gasteiger partial charge in [0.05, 0.1) is 0 Å². The number of hydrogen-bond donors (Lipinski definition) is 0. The van der Waals surface area contributed by atoms with Crippen molar-refractivity contribution in [1.29, 1.82) is 0 Å². The molecular weight excluding hydrogens is 190 g/mol. The van der Waals surface area contributed by atoms with Crippen LogP contribution in [-0.4, -0.2) is 31.5 Å². The van der Waals surface area contributed by atoms with Gasteiger partial charge in [-0.3, -0.25) is 4.90 Å². The van der Waals surface area contributed by atoms with Crippen molar-refractivity contribution in [3.05, 3.63) is 30.3 Å². The Hall–Kier alpha value is -1.06. The summed E-state index contributed by atoms with van der Waals surface area (Å²) in [6.07, 6.45) is -0.200. The zero-order chi connectivity index (χ0) is 11.3. The summed E-state index contributed by atoms with van der Waals surface area (Å²) >= 11 is 0. The number of benzene rings is 1. The fourth-order valence-corrected chi connectivity index (χ4v) is 1.12. The van der Waals surface area contributed by atoms with Crippen LogP contribution in [0.25, 0.3) is 0 Å². The average Bonchev–Trinajstić information content (AvgIpc) is 2.18. The van der Waals surface area contributed by atoms with E-state index in [0.29, 0.717) is 0 Å². The van der Waals surface area contributed by atoms with Gasteiger partial charge in [-0.2, -0.15) is 0 Å². The Morgan fingerprint density at radius 3 is 2.20 bits per heavy atom. The number of nitrogens with zero attached hydrogens (tertiary/aromatic N) is 1. The van der Waals surface area contributed by atoms with Gasteiger partial charge in [0.2, 0.25) is 0 Å². The summed E-state index contributed by atoms with van der Waals surface area (Å²) in [5.41, 5.74) is 0. The summed E-state index contributed by atoms with van der Waals surface area (Å²) in [5.74, 6) is 0.830. The third-order valence-electron chi connectivity index (χ3n) is 2.16. The Morgan fingerprint density at radius 1 is 1.07 bits per heavy atom. The fraction of sp³-hybridized carbons (Fsp3) is 0.500. The lowest BCUT2D eigenvalue weighted by molar-refractivity contribution is -0.143. The van der Waals surface area contributed by atoms with Crippen molar-refractivity contribution in [3.8, 4) is 5.75 Å². The van der Waals surface area contributed by atoms with Crippen molar-refractivity contribution in [3.63, 3.8) is 0 Å². The van der Waals surface area contributed by atoms with Crippen molar-refractivity contribution >= 4 is 0 Å². The number of para-hydroxylation sites is 1. The molecule has 0 amide bonds. The third-order valence-corrected chi connectivity index (χ3v) is 2.16. The molecular formula is C12H19NO2. The second-order valence-electron chi connectivity index (χ2n) is 3.70. The van der Waals surface area contributed by atoms with Gasteiger partial charge in [-0.05, 0) is 40.1 Å². The number of ether oxygens (including phenoxy) is 2. The van der Waals surface area contributed by atoms with E-state index < -0.39 is 0 Å². The Bertz CT molecular complexity index is 274. The van der Waals surface area contributed by atoms with Crippen LogP contribution in [0.1, 0.15) is 13.8 Å². The predicted molar refractivity (Wildman–Crippen MR) is 60.8 cm³/mol. The van der Waals surface area contributed by atoms with Crippen LogP contribution in [0.4, 0.5) is 0 Å². The van der Waals surface area contributed by atoms with Crippen LogP contribution < -0.4 is 4.74 Å². The Morgan fingerprint density at radius 2 is 1.67 bits per heavy atom. The third kappa shape index (κ3) is 4.32. The van der Waals surface area contributed by atoms with Crippen molar-refractivity contribution in [2.24, 2.45) is 0 Å². The topological polar surface area (TPSA) is 21.7 Å². The van der Waals surface area contributed by atoms with Gasteiger partial charge in [0, 0.05) is 0 Å². The van der Waals surface area contributed by atoms with Crippen LogP contribution in [0.3, 0.4) is 0 Å². The molecule has 0 aromatic heterocycles. The van der Waals surface area contributed by atoms with Crippen molar-refractivity contribution < 1.29 is 9.47 Å². The molecule has 0 fully saturated rings. The Balaban J connectivity index is 2.39. The second kappa shape index (κ2) is 5.73. The summed E-state index contributed by atoms with van der Waals surface area (Å²) < 4.78 is 11.2. The van der Waals surface area contributed by atoms with Gasteiger partial charge in [0.1, 0.15) is 12.0 Å². The van der Waals surface area contributed by atoms with Crippen LogP contribution >= 0.6 is 0 Å². The molecule has 2 atom stereocenters. The summed E-state index contributed by atoms with van der Waals surface area (Å²) in [4.78, 5) is 1.99. The highest BCUT2D eigenvalue weighted by Crippen LogP contribution is 2.12. The highest BCUT2D eigenvalue weighted by Gasteiger charge is 2.10. The molecule has 0 saturated carbocycles. The minimum absolute atomic E-state index is 0.0451. The average molecular weight is 209 g/mol. The van der Waals surface area contributed by atoms with E-state index in [2.05, 4.69) is 0 Å². The molecule has 1 rings (SSSR count). The SMILES string of the molecule is CC(Oc1ccccc1)OC(C)N(C)C. The van der Waals surface area contributed by atoms with Crippen LogP contribution in [0.15, 0.2) is 30.3 Å². The molecule has 3 nitrogen and oxygen atoms in total. The van der Waals surface area contributed by atoms with Crippen LogP contribution in [0, 0.1) is 0 Å². The van der Waals surface area contributed by atoms with E-state index in [1.807, 2.05) is 63.2 Å². The molecule has 0 aliphatic heterocycles. The molecule has 0 saturated heterocycles. The first-order valence-corrected chi connectivity index (χ1v) is 5.13. The maximum atomic E-state index is 5.62. The van der Waals surface area contributed by atoms with Gasteiger partial charge in [0.25, 0.3) is 0 Å². The smallest absolute Gasteiger partial charge is 0.198 e. The molecule has 1 aromatic carbocycles. The van der Waals surface area contributed by atoms with Gasteiger partial charge >= 0.3 is 0 Å². The molecule has 0 heterocycles. The van der Waals surface area contributed by atoms with Gasteiger partial charge in [-0.25, -0.2) is 0 Å². The molecule has 3 heteroatoms. The quantitative estimate of drug-likeness (QED) is 0.695. The normalized spacial score (nSPS) is 15.0. The molecule has 0 aliphatic rings. The molecule has 0 radical (unpaired) electrons. The van der Waals surface area contributed by atoms with Crippen LogP contribution in [0.5, 0.6) is 5.75 Å². The predicted octanol–water partition coefficient (Wildman–Crippen LogP) is 2.34. The van der Waals surface area contributed by atoms with E-state index >= 15 is 0 Å². The molecule has 0 bridgehead atoms. The lowest BCUT2D eigenvalue weighted by Crippen LogP contribution is -2.32. The van der Waals surface area contributed by atoms with E-state index in [4.69, 9.17) is 9.47 Å². The van der Waals surface area contributed by atoms with Gasteiger partial charge in [-0.1, -0.05) is 18.2 Å². The largest absolute Gasteiger partial charge is 0.465 e. The molecule has 0 aliphatic carbocycles. The van der Waals surface area contributed by atoms with E-state index in [0.717, 1.165) is 5.75 Å². The first-order chi connectivity index (χ1) is 7.09. The van der Waals surface area contributed by atoms with Gasteiger partial charge < -0.3 is 9.47 Å². The zero-order valence-electron chi connectivity index (χ0n) is 9.81. The molecule has 0 spiro atoms. The maximum Gasteiger partial charge on any atom is 0.198 e. The highest BCUT2D eigenvalue weighted by atomic mass is 16.7. The van der Waals surface area contributed by atoms with Crippen molar-refractivity contribution in [2.45, 2.75) is 26.4 Å². The maximum absolute atomic E-state index is 5.62. The first-order valence-electron chi connectivity index (χ1n) is 5.13. The lowest BCUT2D eigenvalue weighted by Gasteiger charge is -2.24. The molecule has 15 heavy (non-hydrogen) atoms. The molecule has 1 aromatic rings. The minimum Gasteiger partial charge on any atom is -0.465 e. The van der Waals surface area contributed by atoms with Crippen molar-refractivity contribution in [2.75, 3.05) is 14.1 Å². The lowest BCUT2D eigenvalue weighted by atomic mass is 10.3. The molecule has 2 unspecified atom stereocenters.